The highest BCUT2D eigenvalue weighted by Gasteiger charge is 2.42. The van der Waals surface area contributed by atoms with Crippen LogP contribution in [-0.2, 0) is 6.54 Å². The lowest BCUT2D eigenvalue weighted by Gasteiger charge is -2.18. The Bertz CT molecular complexity index is 450. The van der Waals surface area contributed by atoms with Crippen molar-refractivity contribution >= 4 is 5.84 Å². The SMILES string of the molecule is CC(N)=NC1CCC2CN(Cc3ccccc3)CC21. The van der Waals surface area contributed by atoms with Crippen LogP contribution >= 0.6 is 0 Å². The van der Waals surface area contributed by atoms with Gasteiger partial charge in [0.15, 0.2) is 0 Å². The maximum atomic E-state index is 5.75. The van der Waals surface area contributed by atoms with Gasteiger partial charge in [-0.3, -0.25) is 9.89 Å². The molecule has 2 N–H and O–H groups in total. The molecule has 19 heavy (non-hydrogen) atoms. The summed E-state index contributed by atoms with van der Waals surface area (Å²) in [5.74, 6) is 2.30. The lowest BCUT2D eigenvalue weighted by Crippen LogP contribution is -2.25. The molecule has 0 radical (unpaired) electrons. The standard InChI is InChI=1S/C16H23N3/c1-12(17)18-16-8-7-14-10-19(11-15(14)16)9-13-5-3-2-4-6-13/h2-6,14-16H,7-11H2,1H3,(H2,17,18). The number of nitrogens with two attached hydrogens (primary N) is 1. The van der Waals surface area contributed by atoms with E-state index in [0.717, 1.165) is 24.2 Å². The summed E-state index contributed by atoms with van der Waals surface area (Å²) in [5.41, 5.74) is 7.16. The van der Waals surface area contributed by atoms with Crippen molar-refractivity contribution < 1.29 is 0 Å². The molecule has 0 bridgehead atoms. The number of rotatable bonds is 3. The van der Waals surface area contributed by atoms with Gasteiger partial charge in [-0.05, 0) is 37.2 Å². The quantitative estimate of drug-likeness (QED) is 0.666. The van der Waals surface area contributed by atoms with E-state index in [1.165, 1.54) is 31.5 Å². The third kappa shape index (κ3) is 2.81. The van der Waals surface area contributed by atoms with Gasteiger partial charge in [0.1, 0.15) is 0 Å². The first kappa shape index (κ1) is 12.7. The zero-order valence-corrected chi connectivity index (χ0v) is 11.6. The molecule has 3 unspecified atom stereocenters. The first-order valence-electron chi connectivity index (χ1n) is 7.28. The Kier molecular flexibility index (Phi) is 3.56. The van der Waals surface area contributed by atoms with Crippen LogP contribution < -0.4 is 5.73 Å². The number of likely N-dealkylation sites (tertiary alicyclic amines) is 1. The first-order chi connectivity index (χ1) is 9.22. The van der Waals surface area contributed by atoms with Gasteiger partial charge in [-0.25, -0.2) is 0 Å². The monoisotopic (exact) mass is 257 g/mol. The summed E-state index contributed by atoms with van der Waals surface area (Å²) in [6, 6.07) is 11.2. The molecule has 3 rings (SSSR count). The van der Waals surface area contributed by atoms with Gasteiger partial charge in [-0.15, -0.1) is 0 Å². The Balaban J connectivity index is 1.63. The normalized spacial score (nSPS) is 31.6. The van der Waals surface area contributed by atoms with E-state index in [9.17, 15) is 0 Å². The Labute approximate surface area is 115 Å². The van der Waals surface area contributed by atoms with E-state index in [1.807, 2.05) is 6.92 Å². The fraction of sp³-hybridized carbons (Fsp3) is 0.562. The molecule has 2 aliphatic rings. The van der Waals surface area contributed by atoms with Crippen LogP contribution in [0.1, 0.15) is 25.3 Å². The van der Waals surface area contributed by atoms with E-state index in [4.69, 9.17) is 5.73 Å². The summed E-state index contributed by atoms with van der Waals surface area (Å²) in [6.07, 6.45) is 2.54. The Hall–Kier alpha value is -1.35. The molecule has 1 aliphatic carbocycles. The van der Waals surface area contributed by atoms with Crippen molar-refractivity contribution in [1.82, 2.24) is 4.90 Å². The minimum absolute atomic E-state index is 0.468. The number of nitrogens with zero attached hydrogens (tertiary/aromatic N) is 2. The zero-order chi connectivity index (χ0) is 13.2. The van der Waals surface area contributed by atoms with E-state index >= 15 is 0 Å². The topological polar surface area (TPSA) is 41.6 Å². The van der Waals surface area contributed by atoms with Gasteiger partial charge in [0.2, 0.25) is 0 Å². The molecule has 1 aromatic rings. The fourth-order valence-electron chi connectivity index (χ4n) is 3.72. The van der Waals surface area contributed by atoms with E-state index in [2.05, 4.69) is 40.2 Å². The summed E-state index contributed by atoms with van der Waals surface area (Å²) in [6.45, 7) is 5.39. The molecule has 2 fully saturated rings. The van der Waals surface area contributed by atoms with Crippen LogP contribution in [0.3, 0.4) is 0 Å². The third-order valence-electron chi connectivity index (χ3n) is 4.51. The van der Waals surface area contributed by atoms with Crippen molar-refractivity contribution in [3.05, 3.63) is 35.9 Å². The molecule has 0 aromatic heterocycles. The average Bonchev–Trinajstić information content (AvgIpc) is 2.92. The van der Waals surface area contributed by atoms with Gasteiger partial charge in [0, 0.05) is 19.6 Å². The fourth-order valence-corrected chi connectivity index (χ4v) is 3.72. The minimum atomic E-state index is 0.468. The summed E-state index contributed by atoms with van der Waals surface area (Å²) >= 11 is 0. The van der Waals surface area contributed by atoms with Gasteiger partial charge in [-0.1, -0.05) is 30.3 Å². The maximum absolute atomic E-state index is 5.75. The predicted molar refractivity (Wildman–Crippen MR) is 79.0 cm³/mol. The Morgan fingerprint density at radius 2 is 2.05 bits per heavy atom. The maximum Gasteiger partial charge on any atom is 0.0909 e. The van der Waals surface area contributed by atoms with Gasteiger partial charge in [-0.2, -0.15) is 0 Å². The van der Waals surface area contributed by atoms with E-state index < -0.39 is 0 Å². The van der Waals surface area contributed by atoms with Gasteiger partial charge >= 0.3 is 0 Å². The molecule has 3 nitrogen and oxygen atoms in total. The molecule has 1 aliphatic heterocycles. The van der Waals surface area contributed by atoms with E-state index in [0.29, 0.717) is 6.04 Å². The molecule has 3 heteroatoms. The number of hydrogen-bond acceptors (Lipinski definition) is 2. The van der Waals surface area contributed by atoms with Crippen LogP contribution in [-0.4, -0.2) is 29.9 Å². The van der Waals surface area contributed by atoms with Crippen LogP contribution in [0.4, 0.5) is 0 Å². The molecule has 1 heterocycles. The largest absolute Gasteiger partial charge is 0.388 e. The second kappa shape index (κ2) is 5.33. The highest BCUT2D eigenvalue weighted by molar-refractivity contribution is 5.77. The molecule has 1 saturated heterocycles. The summed E-state index contributed by atoms with van der Waals surface area (Å²) < 4.78 is 0. The lowest BCUT2D eigenvalue weighted by atomic mass is 9.98. The third-order valence-corrected chi connectivity index (χ3v) is 4.51. The predicted octanol–water partition coefficient (Wildman–Crippen LogP) is 2.27. The Morgan fingerprint density at radius 1 is 1.26 bits per heavy atom. The van der Waals surface area contributed by atoms with Crippen molar-refractivity contribution in [3.63, 3.8) is 0 Å². The van der Waals surface area contributed by atoms with Crippen LogP contribution in [0.25, 0.3) is 0 Å². The van der Waals surface area contributed by atoms with Crippen molar-refractivity contribution in [2.24, 2.45) is 22.6 Å². The van der Waals surface area contributed by atoms with Crippen molar-refractivity contribution in [1.29, 1.82) is 0 Å². The van der Waals surface area contributed by atoms with E-state index in [1.54, 1.807) is 0 Å². The van der Waals surface area contributed by atoms with Gasteiger partial charge < -0.3 is 5.73 Å². The highest BCUT2D eigenvalue weighted by atomic mass is 15.2. The molecule has 1 aromatic carbocycles. The average molecular weight is 257 g/mol. The number of benzene rings is 1. The van der Waals surface area contributed by atoms with Crippen molar-refractivity contribution in [2.75, 3.05) is 13.1 Å². The number of amidine groups is 1. The molecule has 0 amide bonds. The number of aliphatic imine (C=N–C) groups is 1. The second-order valence-corrected chi connectivity index (χ2v) is 6.02. The number of hydrogen-bond donors (Lipinski definition) is 1. The minimum Gasteiger partial charge on any atom is -0.388 e. The molecular formula is C16H23N3. The van der Waals surface area contributed by atoms with Crippen LogP contribution in [0.15, 0.2) is 35.3 Å². The van der Waals surface area contributed by atoms with E-state index in [-0.39, 0.29) is 0 Å². The molecule has 1 saturated carbocycles. The summed E-state index contributed by atoms with van der Waals surface area (Å²) in [7, 11) is 0. The highest BCUT2D eigenvalue weighted by Crippen LogP contribution is 2.40. The summed E-state index contributed by atoms with van der Waals surface area (Å²) in [4.78, 5) is 7.21. The zero-order valence-electron chi connectivity index (χ0n) is 11.6. The molecule has 3 atom stereocenters. The number of fused-ring (bicyclic) bond motifs is 1. The molecule has 102 valence electrons. The lowest BCUT2D eigenvalue weighted by molar-refractivity contribution is 0.298. The van der Waals surface area contributed by atoms with Gasteiger partial charge in [0.25, 0.3) is 0 Å². The van der Waals surface area contributed by atoms with Crippen LogP contribution in [0.2, 0.25) is 0 Å². The molecular weight excluding hydrogens is 234 g/mol. The van der Waals surface area contributed by atoms with Crippen molar-refractivity contribution in [2.45, 2.75) is 32.4 Å². The second-order valence-electron chi connectivity index (χ2n) is 6.02. The molecule has 0 spiro atoms. The van der Waals surface area contributed by atoms with Crippen LogP contribution in [0, 0.1) is 11.8 Å². The van der Waals surface area contributed by atoms with Crippen molar-refractivity contribution in [3.8, 4) is 0 Å². The smallest absolute Gasteiger partial charge is 0.0909 e. The summed E-state index contributed by atoms with van der Waals surface area (Å²) in [5, 5.41) is 0. The van der Waals surface area contributed by atoms with Gasteiger partial charge in [0.05, 0.1) is 11.9 Å². The Morgan fingerprint density at radius 3 is 2.79 bits per heavy atom. The first-order valence-corrected chi connectivity index (χ1v) is 7.28. The van der Waals surface area contributed by atoms with Crippen LogP contribution in [0.5, 0.6) is 0 Å².